The van der Waals surface area contributed by atoms with Crippen molar-refractivity contribution in [2.75, 3.05) is 13.2 Å². The van der Waals surface area contributed by atoms with Crippen molar-refractivity contribution in [3.8, 4) is 0 Å². The van der Waals surface area contributed by atoms with Gasteiger partial charge < -0.3 is 40.3 Å². The van der Waals surface area contributed by atoms with Crippen LogP contribution in [0, 0.1) is 0 Å². The molecule has 1 saturated heterocycles. The highest BCUT2D eigenvalue weighted by Crippen LogP contribution is 2.22. The molecular formula is C42H79NO8. The first-order valence-electron chi connectivity index (χ1n) is 21.1. The Morgan fingerprint density at radius 1 is 0.647 bits per heavy atom. The van der Waals surface area contributed by atoms with Crippen molar-refractivity contribution in [1.29, 1.82) is 0 Å². The van der Waals surface area contributed by atoms with Crippen molar-refractivity contribution in [1.82, 2.24) is 5.32 Å². The van der Waals surface area contributed by atoms with Gasteiger partial charge in [-0.05, 0) is 32.1 Å². The largest absolute Gasteiger partial charge is 0.394 e. The van der Waals surface area contributed by atoms with Crippen LogP contribution in [0.4, 0.5) is 0 Å². The summed E-state index contributed by atoms with van der Waals surface area (Å²) in [6, 6.07) is -0.812. The Kier molecular flexibility index (Phi) is 31.1. The Morgan fingerprint density at radius 2 is 1.12 bits per heavy atom. The second kappa shape index (κ2) is 33.3. The maximum atomic E-state index is 12.4. The molecule has 1 heterocycles. The number of rotatable bonds is 34. The molecular weight excluding hydrogens is 646 g/mol. The minimum Gasteiger partial charge on any atom is -0.394 e. The van der Waals surface area contributed by atoms with Crippen LogP contribution in [0.2, 0.25) is 0 Å². The molecule has 0 spiro atoms. The van der Waals surface area contributed by atoms with Crippen molar-refractivity contribution in [2.45, 2.75) is 224 Å². The Labute approximate surface area is 311 Å². The first kappa shape index (κ1) is 47.7. The summed E-state index contributed by atoms with van der Waals surface area (Å²) < 4.78 is 11.0. The van der Waals surface area contributed by atoms with E-state index in [2.05, 4.69) is 24.4 Å². The van der Waals surface area contributed by atoms with Crippen molar-refractivity contribution in [3.05, 3.63) is 24.3 Å². The predicted molar refractivity (Wildman–Crippen MR) is 207 cm³/mol. The van der Waals surface area contributed by atoms with E-state index >= 15 is 0 Å². The van der Waals surface area contributed by atoms with Crippen LogP contribution in [0.1, 0.15) is 181 Å². The lowest BCUT2D eigenvalue weighted by molar-refractivity contribution is -0.302. The van der Waals surface area contributed by atoms with E-state index in [4.69, 9.17) is 9.47 Å². The molecule has 300 valence electrons. The van der Waals surface area contributed by atoms with Crippen LogP contribution in [0.5, 0.6) is 0 Å². The number of carbonyl (C=O) groups excluding carboxylic acids is 1. The van der Waals surface area contributed by atoms with Crippen molar-refractivity contribution < 1.29 is 39.8 Å². The van der Waals surface area contributed by atoms with Gasteiger partial charge in [0, 0.05) is 6.42 Å². The number of allylic oxidation sites excluding steroid dienone is 3. The number of aliphatic hydroxyl groups excluding tert-OH is 5. The molecule has 1 fully saturated rings. The topological polar surface area (TPSA) is 149 Å². The first-order chi connectivity index (χ1) is 24.8. The average Bonchev–Trinajstić information content (AvgIpc) is 3.13. The van der Waals surface area contributed by atoms with Crippen LogP contribution in [0.25, 0.3) is 0 Å². The van der Waals surface area contributed by atoms with E-state index in [-0.39, 0.29) is 12.5 Å². The quantitative estimate of drug-likeness (QED) is 0.0289. The van der Waals surface area contributed by atoms with Gasteiger partial charge >= 0.3 is 0 Å². The maximum absolute atomic E-state index is 12.4. The molecule has 1 amide bonds. The van der Waals surface area contributed by atoms with Crippen LogP contribution < -0.4 is 5.32 Å². The van der Waals surface area contributed by atoms with Gasteiger partial charge in [0.05, 0.1) is 25.4 Å². The Balaban J connectivity index is 2.12. The minimum atomic E-state index is -1.56. The van der Waals surface area contributed by atoms with E-state index in [1.165, 1.54) is 128 Å². The summed E-state index contributed by atoms with van der Waals surface area (Å²) in [6.07, 6.45) is 32.3. The molecule has 51 heavy (non-hydrogen) atoms. The zero-order valence-electron chi connectivity index (χ0n) is 32.6. The number of amides is 1. The molecule has 9 nitrogen and oxygen atoms in total. The number of nitrogens with one attached hydrogen (secondary N) is 1. The zero-order valence-corrected chi connectivity index (χ0v) is 32.6. The van der Waals surface area contributed by atoms with Gasteiger partial charge in [-0.3, -0.25) is 4.79 Å². The Hall–Kier alpha value is -1.33. The summed E-state index contributed by atoms with van der Waals surface area (Å²) >= 11 is 0. The van der Waals surface area contributed by atoms with E-state index < -0.39 is 49.5 Å². The molecule has 7 atom stereocenters. The standard InChI is InChI=1S/C42H79NO8/c1-3-5-7-8-9-10-11-12-13-14-15-16-17-18-19-20-21-22-23-24-25-26-27-28-29-30-31-36(45)35(43-38(46)32-6-4-2)34-50-42-41(49)40(48)39(47)37(33-44)51-42/h26-27,30-31,35-37,39-42,44-45,47-49H,3-25,28-29,32-34H2,1-2H3,(H,43,46)/b27-26+,31-30+. The lowest BCUT2D eigenvalue weighted by atomic mass is 9.99. The molecule has 0 aromatic carbocycles. The van der Waals surface area contributed by atoms with Gasteiger partial charge in [-0.2, -0.15) is 0 Å². The molecule has 7 unspecified atom stereocenters. The number of aliphatic hydroxyl groups is 5. The zero-order chi connectivity index (χ0) is 37.4. The molecule has 0 bridgehead atoms. The van der Waals surface area contributed by atoms with E-state index in [9.17, 15) is 30.3 Å². The fourth-order valence-corrected chi connectivity index (χ4v) is 6.56. The van der Waals surface area contributed by atoms with Crippen LogP contribution in [-0.4, -0.2) is 87.5 Å². The molecule has 6 N–H and O–H groups in total. The predicted octanol–water partition coefficient (Wildman–Crippen LogP) is 7.94. The fourth-order valence-electron chi connectivity index (χ4n) is 6.56. The van der Waals surface area contributed by atoms with Crippen molar-refractivity contribution in [3.63, 3.8) is 0 Å². The monoisotopic (exact) mass is 726 g/mol. The number of hydrogen-bond acceptors (Lipinski definition) is 8. The smallest absolute Gasteiger partial charge is 0.220 e. The second-order valence-electron chi connectivity index (χ2n) is 14.8. The van der Waals surface area contributed by atoms with E-state index in [1.807, 2.05) is 13.0 Å². The van der Waals surface area contributed by atoms with Gasteiger partial charge in [0.2, 0.25) is 5.91 Å². The summed E-state index contributed by atoms with van der Waals surface area (Å²) in [7, 11) is 0. The summed E-state index contributed by atoms with van der Waals surface area (Å²) in [5.74, 6) is -0.223. The van der Waals surface area contributed by atoms with Gasteiger partial charge in [0.15, 0.2) is 6.29 Å². The van der Waals surface area contributed by atoms with Gasteiger partial charge in [0.1, 0.15) is 24.4 Å². The number of hydrogen-bond donors (Lipinski definition) is 6. The number of carbonyl (C=O) groups is 1. The summed E-state index contributed by atoms with van der Waals surface area (Å²) in [6.45, 7) is 3.50. The first-order valence-corrected chi connectivity index (χ1v) is 21.1. The minimum absolute atomic E-state index is 0.203. The van der Waals surface area contributed by atoms with Gasteiger partial charge in [-0.25, -0.2) is 0 Å². The molecule has 1 rings (SSSR count). The second-order valence-corrected chi connectivity index (χ2v) is 14.8. The molecule has 0 radical (unpaired) electrons. The summed E-state index contributed by atoms with van der Waals surface area (Å²) in [5.41, 5.74) is 0. The highest BCUT2D eigenvalue weighted by Gasteiger charge is 2.44. The summed E-state index contributed by atoms with van der Waals surface area (Å²) in [4.78, 5) is 12.4. The van der Waals surface area contributed by atoms with Gasteiger partial charge in [-0.1, -0.05) is 167 Å². The molecule has 1 aliphatic rings. The SMILES string of the molecule is CCCCCCCCCCCCCCCCCCCCCC/C=C/CC/C=C/C(O)C(COC1OC(CO)C(O)C(O)C1O)NC(=O)CCCC. The number of unbranched alkanes of at least 4 members (excludes halogenated alkanes) is 22. The molecule has 0 aromatic rings. The van der Waals surface area contributed by atoms with E-state index in [0.29, 0.717) is 12.8 Å². The molecule has 1 aliphatic heterocycles. The third kappa shape index (κ3) is 24.6. The Morgan fingerprint density at radius 3 is 1.63 bits per heavy atom. The molecule has 0 saturated carbocycles. The van der Waals surface area contributed by atoms with Gasteiger partial charge in [-0.15, -0.1) is 0 Å². The Bertz CT molecular complexity index is 853. The molecule has 0 aromatic heterocycles. The van der Waals surface area contributed by atoms with E-state index in [0.717, 1.165) is 25.7 Å². The fraction of sp³-hybridized carbons (Fsp3) is 0.881. The van der Waals surface area contributed by atoms with Crippen molar-refractivity contribution >= 4 is 5.91 Å². The van der Waals surface area contributed by atoms with Crippen LogP contribution in [-0.2, 0) is 14.3 Å². The molecule has 0 aliphatic carbocycles. The van der Waals surface area contributed by atoms with Crippen LogP contribution in [0.15, 0.2) is 24.3 Å². The van der Waals surface area contributed by atoms with E-state index in [1.54, 1.807) is 6.08 Å². The summed E-state index contributed by atoms with van der Waals surface area (Å²) in [5, 5.41) is 53.3. The lowest BCUT2D eigenvalue weighted by Crippen LogP contribution is -2.60. The molecule has 9 heteroatoms. The highest BCUT2D eigenvalue weighted by molar-refractivity contribution is 5.76. The van der Waals surface area contributed by atoms with Gasteiger partial charge in [0.25, 0.3) is 0 Å². The van der Waals surface area contributed by atoms with Crippen LogP contribution in [0.3, 0.4) is 0 Å². The maximum Gasteiger partial charge on any atom is 0.220 e. The van der Waals surface area contributed by atoms with Crippen LogP contribution >= 0.6 is 0 Å². The lowest BCUT2D eigenvalue weighted by Gasteiger charge is -2.40. The third-order valence-electron chi connectivity index (χ3n) is 10.0. The third-order valence-corrected chi connectivity index (χ3v) is 10.0. The average molecular weight is 726 g/mol. The number of ether oxygens (including phenoxy) is 2. The highest BCUT2D eigenvalue weighted by atomic mass is 16.7. The normalized spacial score (nSPS) is 22.2. The van der Waals surface area contributed by atoms with Crippen molar-refractivity contribution in [2.24, 2.45) is 0 Å².